The van der Waals surface area contributed by atoms with E-state index in [0.29, 0.717) is 25.6 Å². The van der Waals surface area contributed by atoms with Crippen molar-refractivity contribution in [1.29, 1.82) is 0 Å². The molecule has 7 heteroatoms. The van der Waals surface area contributed by atoms with Crippen molar-refractivity contribution < 1.29 is 19.0 Å². The van der Waals surface area contributed by atoms with Gasteiger partial charge >= 0.3 is 5.97 Å². The summed E-state index contributed by atoms with van der Waals surface area (Å²) in [5, 5.41) is 3.39. The molecule has 2 unspecified atom stereocenters. The van der Waals surface area contributed by atoms with Gasteiger partial charge in [0.2, 0.25) is 0 Å². The van der Waals surface area contributed by atoms with Crippen LogP contribution >= 0.6 is 0 Å². The van der Waals surface area contributed by atoms with Crippen molar-refractivity contribution in [3.8, 4) is 0 Å². The summed E-state index contributed by atoms with van der Waals surface area (Å²) in [6.07, 6.45) is 8.34. The highest BCUT2D eigenvalue weighted by atomic mass is 19.3. The van der Waals surface area contributed by atoms with E-state index in [-0.39, 0.29) is 6.10 Å². The highest BCUT2D eigenvalue weighted by Crippen LogP contribution is 2.44. The summed E-state index contributed by atoms with van der Waals surface area (Å²) >= 11 is 0. The number of benzene rings is 1. The number of aryl methyl sites for hydroxylation is 2. The number of halogens is 1. The summed E-state index contributed by atoms with van der Waals surface area (Å²) in [4.78, 5) is 22.9. The Morgan fingerprint density at radius 3 is 2.91 bits per heavy atom. The number of hydrogen-bond donors (Lipinski definition) is 1. The van der Waals surface area contributed by atoms with E-state index in [9.17, 15) is 9.32 Å². The van der Waals surface area contributed by atoms with E-state index in [4.69, 9.17) is 9.72 Å². The first kappa shape index (κ1) is 23.2. The third kappa shape index (κ3) is 5.41. The van der Waals surface area contributed by atoms with Crippen molar-refractivity contribution in [2.75, 3.05) is 31.6 Å². The molecular formula is C27H34FN3O3. The van der Waals surface area contributed by atoms with Crippen molar-refractivity contribution in [2.45, 2.75) is 69.4 Å². The van der Waals surface area contributed by atoms with Crippen molar-refractivity contribution in [3.05, 3.63) is 58.8 Å². The largest absolute Gasteiger partial charge is 0.377 e. The number of pyridine rings is 1. The Hall–Kier alpha value is -2.51. The van der Waals surface area contributed by atoms with Gasteiger partial charge in [-0.1, -0.05) is 30.3 Å². The van der Waals surface area contributed by atoms with Crippen LogP contribution in [0.2, 0.25) is 0 Å². The van der Waals surface area contributed by atoms with Crippen LogP contribution in [0.1, 0.15) is 72.9 Å². The molecule has 3 aliphatic rings. The minimum atomic E-state index is -0.833. The second kappa shape index (κ2) is 10.8. The molecular weight excluding hydrogens is 433 g/mol. The first-order valence-corrected chi connectivity index (χ1v) is 12.7. The standard InChI is InChI=1S/C27H34FN3O3/c28-34-27(32)25(24-9-2-1-8-23(24)19-10-11-19)31-16-14-22(18-31)33-17-4-3-7-21-13-12-20-6-5-15-29-26(20)30-21/h1-2,8-9,12-13,19,22,25H,3-7,10-11,14-18H2,(H,29,30). The quantitative estimate of drug-likeness (QED) is 0.502. The maximum Gasteiger partial charge on any atom is 0.370 e. The van der Waals surface area contributed by atoms with Gasteiger partial charge < -0.3 is 10.1 Å². The summed E-state index contributed by atoms with van der Waals surface area (Å²) < 4.78 is 19.2. The van der Waals surface area contributed by atoms with Crippen LogP contribution in [0.25, 0.3) is 0 Å². The van der Waals surface area contributed by atoms with E-state index in [2.05, 4.69) is 28.5 Å². The van der Waals surface area contributed by atoms with Crippen LogP contribution < -0.4 is 5.32 Å². The van der Waals surface area contributed by atoms with Gasteiger partial charge in [0.25, 0.3) is 0 Å². The first-order chi connectivity index (χ1) is 16.7. The molecule has 0 spiro atoms. The maximum absolute atomic E-state index is 13.0. The summed E-state index contributed by atoms with van der Waals surface area (Å²) in [5.41, 5.74) is 4.47. The van der Waals surface area contributed by atoms with Gasteiger partial charge in [-0.15, -0.1) is 0 Å². The van der Waals surface area contributed by atoms with Crippen molar-refractivity contribution >= 4 is 11.8 Å². The highest BCUT2D eigenvalue weighted by Gasteiger charge is 2.38. The van der Waals surface area contributed by atoms with E-state index in [1.807, 2.05) is 23.1 Å². The number of nitrogens with zero attached hydrogens (tertiary/aromatic N) is 2. The molecule has 0 amide bonds. The minimum absolute atomic E-state index is 0.0501. The highest BCUT2D eigenvalue weighted by molar-refractivity contribution is 5.78. The third-order valence-electron chi connectivity index (χ3n) is 7.28. The van der Waals surface area contributed by atoms with Crippen LogP contribution in [0.3, 0.4) is 0 Å². The lowest BCUT2D eigenvalue weighted by atomic mass is 9.96. The number of carbonyl (C=O) groups excluding carboxylic acids is 1. The summed E-state index contributed by atoms with van der Waals surface area (Å²) in [7, 11) is 0. The van der Waals surface area contributed by atoms with Gasteiger partial charge in [0, 0.05) is 36.5 Å². The molecule has 1 aliphatic carbocycles. The molecule has 2 aliphatic heterocycles. The topological polar surface area (TPSA) is 63.7 Å². The molecule has 34 heavy (non-hydrogen) atoms. The van der Waals surface area contributed by atoms with Gasteiger partial charge in [0.05, 0.1) is 6.10 Å². The van der Waals surface area contributed by atoms with Crippen LogP contribution in [0.15, 0.2) is 36.4 Å². The number of carbonyl (C=O) groups is 1. The molecule has 1 saturated carbocycles. The Kier molecular flexibility index (Phi) is 7.40. The number of likely N-dealkylation sites (tertiary alicyclic amines) is 1. The Morgan fingerprint density at radius 1 is 1.18 bits per heavy atom. The van der Waals surface area contributed by atoms with Crippen LogP contribution in [-0.4, -0.2) is 48.2 Å². The number of rotatable bonds is 10. The number of hydrogen-bond acceptors (Lipinski definition) is 6. The monoisotopic (exact) mass is 467 g/mol. The molecule has 6 nitrogen and oxygen atoms in total. The average Bonchev–Trinajstić information content (AvgIpc) is 3.63. The number of anilines is 1. The molecule has 5 rings (SSSR count). The molecule has 1 aromatic carbocycles. The van der Waals surface area contributed by atoms with Crippen molar-refractivity contribution in [3.63, 3.8) is 0 Å². The number of aromatic nitrogens is 1. The Bertz CT molecular complexity index is 997. The Balaban J connectivity index is 1.10. The molecule has 3 heterocycles. The van der Waals surface area contributed by atoms with E-state index in [0.717, 1.165) is 74.1 Å². The number of unbranched alkanes of at least 4 members (excludes halogenated alkanes) is 1. The predicted molar refractivity (Wildman–Crippen MR) is 128 cm³/mol. The van der Waals surface area contributed by atoms with E-state index >= 15 is 0 Å². The number of ether oxygens (including phenoxy) is 1. The molecule has 0 bridgehead atoms. The third-order valence-corrected chi connectivity index (χ3v) is 7.28. The predicted octanol–water partition coefficient (Wildman–Crippen LogP) is 4.90. The van der Waals surface area contributed by atoms with E-state index < -0.39 is 12.0 Å². The fourth-order valence-corrected chi connectivity index (χ4v) is 5.33. The molecule has 1 saturated heterocycles. The zero-order valence-corrected chi connectivity index (χ0v) is 19.7. The second-order valence-corrected chi connectivity index (χ2v) is 9.78. The molecule has 1 N–H and O–H groups in total. The zero-order chi connectivity index (χ0) is 23.3. The SMILES string of the molecule is O=C(OF)C(c1ccccc1C1CC1)N1CCC(OCCCCc2ccc3c(n2)NCCC3)C1. The normalized spacial score (nSPS) is 21.0. The molecule has 0 radical (unpaired) electrons. The molecule has 2 fully saturated rings. The smallest absolute Gasteiger partial charge is 0.370 e. The van der Waals surface area contributed by atoms with Crippen LogP contribution in [-0.2, 0) is 27.3 Å². The number of fused-ring (bicyclic) bond motifs is 1. The van der Waals surface area contributed by atoms with E-state index in [1.54, 1.807) is 0 Å². The van der Waals surface area contributed by atoms with Crippen molar-refractivity contribution in [1.82, 2.24) is 9.88 Å². The van der Waals surface area contributed by atoms with Gasteiger partial charge in [0.15, 0.2) is 0 Å². The van der Waals surface area contributed by atoms with Gasteiger partial charge in [-0.2, -0.15) is 0 Å². The van der Waals surface area contributed by atoms with Gasteiger partial charge in [-0.05, 0) is 80.0 Å². The summed E-state index contributed by atoms with van der Waals surface area (Å²) in [6.45, 7) is 2.98. The van der Waals surface area contributed by atoms with Crippen molar-refractivity contribution in [2.24, 2.45) is 0 Å². The molecule has 2 atom stereocenters. The van der Waals surface area contributed by atoms with Crippen LogP contribution in [0, 0.1) is 0 Å². The molecule has 2 aromatic rings. The summed E-state index contributed by atoms with van der Waals surface area (Å²) in [6, 6.07) is 11.5. The Morgan fingerprint density at radius 2 is 2.06 bits per heavy atom. The summed E-state index contributed by atoms with van der Waals surface area (Å²) in [5.74, 6) is 0.692. The average molecular weight is 468 g/mol. The lowest BCUT2D eigenvalue weighted by Gasteiger charge is -2.26. The minimum Gasteiger partial charge on any atom is -0.377 e. The Labute approximate surface area is 200 Å². The van der Waals surface area contributed by atoms with Gasteiger partial charge in [0.1, 0.15) is 11.9 Å². The lowest BCUT2D eigenvalue weighted by Crippen LogP contribution is -2.34. The van der Waals surface area contributed by atoms with Gasteiger partial charge in [-0.25, -0.2) is 9.78 Å². The fourth-order valence-electron chi connectivity index (χ4n) is 5.33. The number of nitrogens with one attached hydrogen (secondary N) is 1. The molecule has 1 aromatic heterocycles. The van der Waals surface area contributed by atoms with Gasteiger partial charge in [-0.3, -0.25) is 9.84 Å². The fraction of sp³-hybridized carbons (Fsp3) is 0.556. The van der Waals surface area contributed by atoms with E-state index in [1.165, 1.54) is 12.0 Å². The first-order valence-electron chi connectivity index (χ1n) is 12.7. The maximum atomic E-state index is 13.0. The second-order valence-electron chi connectivity index (χ2n) is 9.78. The zero-order valence-electron chi connectivity index (χ0n) is 19.7. The molecule has 182 valence electrons. The van der Waals surface area contributed by atoms with Crippen LogP contribution in [0.4, 0.5) is 10.3 Å². The lowest BCUT2D eigenvalue weighted by molar-refractivity contribution is -0.190. The van der Waals surface area contributed by atoms with Crippen LogP contribution in [0.5, 0.6) is 0 Å².